The predicted octanol–water partition coefficient (Wildman–Crippen LogP) is 4.72. The van der Waals surface area contributed by atoms with Crippen LogP contribution in [0.15, 0.2) is 30.4 Å². The Kier molecular flexibility index (Phi) is 11.5. The molecule has 2 aromatic rings. The number of amides is 4. The van der Waals surface area contributed by atoms with Gasteiger partial charge in [-0.05, 0) is 103 Å². The second kappa shape index (κ2) is 15.8. The van der Waals surface area contributed by atoms with Crippen molar-refractivity contribution < 1.29 is 60.4 Å². The quantitative estimate of drug-likeness (QED) is 0.293. The molecule has 2 saturated carbocycles. The summed E-state index contributed by atoms with van der Waals surface area (Å²) in [7, 11) is -2.58. The van der Waals surface area contributed by atoms with E-state index in [0.29, 0.717) is 67.6 Å². The molecule has 5 aliphatic rings. The van der Waals surface area contributed by atoms with Crippen LogP contribution < -0.4 is 24.2 Å². The Balaban J connectivity index is 1.31. The molecule has 4 amide bonds. The monoisotopic (exact) mass is 875 g/mol. The number of aryl methyl sites for hydroxylation is 1. The molecule has 1 aromatic heterocycles. The van der Waals surface area contributed by atoms with Gasteiger partial charge in [0, 0.05) is 30.2 Å². The first-order valence-electron chi connectivity index (χ1n) is 20.7. The molecule has 4 heterocycles. The minimum absolute atomic E-state index is 0.0562. The molecule has 3 N–H and O–H groups in total. The molecule has 0 radical (unpaired) electrons. The highest BCUT2D eigenvalue weighted by atomic mass is 32.2. The van der Waals surface area contributed by atoms with Gasteiger partial charge in [-0.2, -0.15) is 4.98 Å². The number of methoxy groups -OCH3 is 1. The van der Waals surface area contributed by atoms with Gasteiger partial charge in [0.1, 0.15) is 35.0 Å². The molecule has 0 unspecified atom stereocenters. The number of allylic oxidation sites excluding steroid dienone is 1. The summed E-state index contributed by atoms with van der Waals surface area (Å²) < 4.78 is 82.6. The predicted molar refractivity (Wildman–Crippen MR) is 217 cm³/mol. The van der Waals surface area contributed by atoms with Crippen LogP contribution in [0.4, 0.5) is 13.6 Å². The van der Waals surface area contributed by atoms with Crippen LogP contribution in [-0.2, 0) is 35.6 Å². The summed E-state index contributed by atoms with van der Waals surface area (Å²) in [6.45, 7) is 7.34. The van der Waals surface area contributed by atoms with Gasteiger partial charge in [0.2, 0.25) is 33.6 Å². The third-order valence-electron chi connectivity index (χ3n) is 13.2. The third kappa shape index (κ3) is 8.19. The van der Waals surface area contributed by atoms with Crippen molar-refractivity contribution in [2.24, 2.45) is 5.92 Å². The molecule has 3 aliphatic heterocycles. The van der Waals surface area contributed by atoms with Gasteiger partial charge in [-0.1, -0.05) is 12.2 Å². The Morgan fingerprint density at radius 3 is 2.52 bits per heavy atom. The van der Waals surface area contributed by atoms with E-state index in [0.717, 1.165) is 36.1 Å². The summed E-state index contributed by atoms with van der Waals surface area (Å²) in [6.07, 6.45) is 1.57. The van der Waals surface area contributed by atoms with E-state index in [9.17, 15) is 27.9 Å². The molecular formula is C42H55F2N5O11S. The number of hydrogen-bond acceptors (Lipinski definition) is 11. The fourth-order valence-corrected chi connectivity index (χ4v) is 9.91. The molecule has 0 bridgehead atoms. The zero-order valence-electron chi connectivity index (χ0n) is 35.5. The van der Waals surface area contributed by atoms with Crippen molar-refractivity contribution in [2.45, 2.75) is 145 Å². The number of pyridine rings is 1. The lowest BCUT2D eigenvalue weighted by Crippen LogP contribution is -2.68. The van der Waals surface area contributed by atoms with E-state index in [1.165, 1.54) is 13.8 Å². The number of carbonyl (C=O) groups is 4. The second-order valence-electron chi connectivity index (χ2n) is 17.9. The number of nitrogens with zero attached hydrogens (tertiary/aromatic N) is 3. The Labute approximate surface area is 353 Å². The van der Waals surface area contributed by atoms with Gasteiger partial charge in [0.25, 0.3) is 11.8 Å². The zero-order valence-corrected chi connectivity index (χ0v) is 36.3. The van der Waals surface area contributed by atoms with Crippen LogP contribution in [0.2, 0.25) is 0 Å². The van der Waals surface area contributed by atoms with Crippen LogP contribution in [0.5, 0.6) is 17.5 Å². The number of halogens is 2. The van der Waals surface area contributed by atoms with Gasteiger partial charge in [-0.15, -0.1) is 0 Å². The van der Waals surface area contributed by atoms with Gasteiger partial charge in [-0.3, -0.25) is 24.0 Å². The van der Waals surface area contributed by atoms with Crippen molar-refractivity contribution in [3.8, 4) is 17.5 Å². The number of aromatic nitrogens is 1. The smallest absolute Gasteiger partial charge is 0.408 e. The van der Waals surface area contributed by atoms with Gasteiger partial charge in [0.15, 0.2) is 0 Å². The molecule has 2 aliphatic carbocycles. The number of ether oxygens (including phenoxy) is 4. The summed E-state index contributed by atoms with van der Waals surface area (Å²) in [5.74, 6) is -6.00. The summed E-state index contributed by atoms with van der Waals surface area (Å²) >= 11 is 0. The van der Waals surface area contributed by atoms with Crippen molar-refractivity contribution in [3.05, 3.63) is 35.9 Å². The Bertz CT molecular complexity index is 2250. The van der Waals surface area contributed by atoms with Crippen molar-refractivity contribution in [2.75, 3.05) is 20.3 Å². The summed E-state index contributed by atoms with van der Waals surface area (Å²) in [4.78, 5) is 63.2. The molecular weight excluding hydrogens is 821 g/mol. The molecule has 7 atom stereocenters. The number of alkyl halides is 2. The zero-order chi connectivity index (χ0) is 44.4. The fraction of sp³-hybridized carbons (Fsp3) is 0.643. The number of carboxylic acid groups (broad SMARTS) is 1. The molecule has 16 nitrogen and oxygen atoms in total. The lowest BCUT2D eigenvalue weighted by molar-refractivity contribution is -0.164. The largest absolute Gasteiger partial charge is 0.497 e. The van der Waals surface area contributed by atoms with Crippen LogP contribution in [0.1, 0.15) is 92.1 Å². The minimum Gasteiger partial charge on any atom is -0.497 e. The Morgan fingerprint density at radius 1 is 1.15 bits per heavy atom. The van der Waals surface area contributed by atoms with Crippen LogP contribution in [-0.4, -0.2) is 125 Å². The molecule has 3 fully saturated rings. The number of sulfonamides is 1. The van der Waals surface area contributed by atoms with E-state index < -0.39 is 91.9 Å². The van der Waals surface area contributed by atoms with E-state index in [4.69, 9.17) is 23.9 Å². The first-order chi connectivity index (χ1) is 28.5. The number of benzene rings is 1. The topological polar surface area (TPSA) is 203 Å². The van der Waals surface area contributed by atoms with E-state index in [2.05, 4.69) is 10.0 Å². The highest BCUT2D eigenvalue weighted by Crippen LogP contribution is 2.48. The molecule has 0 spiro atoms. The third-order valence-corrected chi connectivity index (χ3v) is 15.3. The van der Waals surface area contributed by atoms with E-state index in [1.807, 2.05) is 6.07 Å². The molecule has 1 saturated heterocycles. The SMILES string of the molecule is COc1ccc2c(O[C@@H]3C[C@H]4C(=O)N[C@]5(C(=O)NS(=O)(=O)C6(C)CC6)C[C@H]5/C=C\CC[C@@H](C)O[C@@H](C)[C@H](N(C(=O)O)C(C)(C)C(C)(F)F)C(=O)N4C3)nc3c(c2c1)CCCO3. The highest BCUT2D eigenvalue weighted by molar-refractivity contribution is 7.91. The van der Waals surface area contributed by atoms with Gasteiger partial charge < -0.3 is 34.3 Å². The lowest BCUT2D eigenvalue weighted by atomic mass is 9.91. The summed E-state index contributed by atoms with van der Waals surface area (Å²) in [5, 5.41) is 14.8. The Morgan fingerprint density at radius 2 is 1.87 bits per heavy atom. The van der Waals surface area contributed by atoms with Crippen LogP contribution in [0.3, 0.4) is 0 Å². The number of fused-ring (bicyclic) bond motifs is 5. The summed E-state index contributed by atoms with van der Waals surface area (Å²) in [6, 6.07) is 1.99. The maximum absolute atomic E-state index is 15.4. The fourth-order valence-electron chi connectivity index (χ4n) is 8.60. The van der Waals surface area contributed by atoms with Gasteiger partial charge in [-0.25, -0.2) is 22.0 Å². The van der Waals surface area contributed by atoms with Crippen molar-refractivity contribution >= 4 is 44.6 Å². The normalized spacial score (nSPS) is 29.6. The standard InChI is InChI=1S/C42H55F2N5O11S/c1-23-11-8-9-12-25-21-42(25,37(52)47-61(55,56)40(5)16-17-40)46-33(50)31-20-27(60-35-29-15-14-26(57-7)19-30(29)28-13-10-18-58-34(28)45-35)22-48(31)36(51)32(24(2)59-23)49(38(53)54)39(3,4)41(6,43)44/h9,12,14-15,19,23-25,27,31-32H,8,10-11,13,16-18,20-22H2,1-7H3,(H,46,50)(H,47,52)(H,53,54)/b12-9-/t23-,24+,25-,27-,31+,32+,42-/m1/s1. The van der Waals surface area contributed by atoms with Gasteiger partial charge in [0.05, 0.1) is 37.2 Å². The maximum atomic E-state index is 15.4. The van der Waals surface area contributed by atoms with Crippen LogP contribution in [0.25, 0.3) is 10.8 Å². The number of nitrogens with one attached hydrogen (secondary N) is 2. The molecule has 1 aromatic carbocycles. The molecule has 7 rings (SSSR count). The van der Waals surface area contributed by atoms with Crippen LogP contribution >= 0.6 is 0 Å². The molecule has 334 valence electrons. The van der Waals surface area contributed by atoms with Crippen molar-refractivity contribution in [3.63, 3.8) is 0 Å². The van der Waals surface area contributed by atoms with E-state index >= 15 is 13.6 Å². The second-order valence-corrected chi connectivity index (χ2v) is 20.1. The number of rotatable bonds is 9. The highest BCUT2D eigenvalue weighted by Gasteiger charge is 2.63. The number of carbonyl (C=O) groups excluding carboxylic acids is 3. The average molecular weight is 876 g/mol. The van der Waals surface area contributed by atoms with E-state index in [1.54, 1.807) is 38.3 Å². The van der Waals surface area contributed by atoms with Crippen molar-refractivity contribution in [1.29, 1.82) is 0 Å². The molecule has 61 heavy (non-hydrogen) atoms. The van der Waals surface area contributed by atoms with E-state index in [-0.39, 0.29) is 25.3 Å². The average Bonchev–Trinajstić information content (AvgIpc) is 4.07. The lowest BCUT2D eigenvalue weighted by Gasteiger charge is -2.47. The number of hydrogen-bond donors (Lipinski definition) is 3. The Hall–Kier alpha value is -4.78. The minimum atomic E-state index is -4.12. The van der Waals surface area contributed by atoms with Gasteiger partial charge >= 0.3 is 6.09 Å². The van der Waals surface area contributed by atoms with Crippen molar-refractivity contribution in [1.82, 2.24) is 24.8 Å². The first kappa shape index (κ1) is 44.3. The van der Waals surface area contributed by atoms with Crippen LogP contribution in [0, 0.1) is 5.92 Å². The maximum Gasteiger partial charge on any atom is 0.408 e. The summed E-state index contributed by atoms with van der Waals surface area (Å²) in [5.41, 5.74) is -3.31. The first-order valence-corrected chi connectivity index (χ1v) is 22.2. The molecule has 19 heteroatoms.